The number of hydrogen-bond acceptors (Lipinski definition) is 4. The molecule has 0 aromatic carbocycles. The van der Waals surface area contributed by atoms with E-state index < -0.39 is 6.04 Å². The van der Waals surface area contributed by atoms with Crippen molar-refractivity contribution in [3.05, 3.63) is 18.2 Å². The molecule has 6 heteroatoms. The maximum atomic E-state index is 12.4. The highest BCUT2D eigenvalue weighted by molar-refractivity contribution is 5.79. The van der Waals surface area contributed by atoms with Gasteiger partial charge in [0.1, 0.15) is 11.9 Å². The minimum Gasteiger partial charge on any atom is -0.340 e. The Morgan fingerprint density at radius 2 is 2.13 bits per heavy atom. The largest absolute Gasteiger partial charge is 0.340 e. The van der Waals surface area contributed by atoms with Crippen molar-refractivity contribution in [3.63, 3.8) is 0 Å². The van der Waals surface area contributed by atoms with E-state index in [0.717, 1.165) is 38.3 Å². The third-order valence-corrected chi connectivity index (χ3v) is 4.53. The number of likely N-dealkylation sites (tertiary alicyclic amines) is 1. The van der Waals surface area contributed by atoms with E-state index in [4.69, 9.17) is 0 Å². The first-order chi connectivity index (χ1) is 10.8. The van der Waals surface area contributed by atoms with Crippen LogP contribution < -0.4 is 5.32 Å². The van der Waals surface area contributed by atoms with Crippen molar-refractivity contribution in [1.82, 2.24) is 19.8 Å². The van der Waals surface area contributed by atoms with Crippen molar-refractivity contribution in [2.45, 2.75) is 46.2 Å². The van der Waals surface area contributed by atoms with Gasteiger partial charge in [-0.3, -0.25) is 9.69 Å². The molecule has 1 fully saturated rings. The van der Waals surface area contributed by atoms with Gasteiger partial charge in [0.25, 0.3) is 0 Å². The average Bonchev–Trinajstić information content (AvgIpc) is 2.89. The van der Waals surface area contributed by atoms with Gasteiger partial charge in [-0.05, 0) is 31.3 Å². The fraction of sp³-hybridized carbons (Fsp3) is 0.706. The minimum atomic E-state index is -0.444. The maximum absolute atomic E-state index is 12.4. The van der Waals surface area contributed by atoms with Gasteiger partial charge in [0.2, 0.25) is 5.91 Å². The summed E-state index contributed by atoms with van der Waals surface area (Å²) in [6, 6.07) is 1.76. The topological polar surface area (TPSA) is 74.0 Å². The fourth-order valence-electron chi connectivity index (χ4n) is 2.80. The second-order valence-electron chi connectivity index (χ2n) is 7.44. The van der Waals surface area contributed by atoms with Gasteiger partial charge in [0, 0.05) is 25.4 Å². The van der Waals surface area contributed by atoms with Gasteiger partial charge in [-0.2, -0.15) is 5.26 Å². The lowest BCUT2D eigenvalue weighted by Crippen LogP contribution is -2.47. The Kier molecular flexibility index (Phi) is 5.42. The Morgan fingerprint density at radius 1 is 1.48 bits per heavy atom. The molecule has 1 N–H and O–H groups in total. The van der Waals surface area contributed by atoms with E-state index in [9.17, 15) is 10.1 Å². The highest BCUT2D eigenvalue weighted by Crippen LogP contribution is 2.22. The summed E-state index contributed by atoms with van der Waals surface area (Å²) < 4.78 is 2.03. The summed E-state index contributed by atoms with van der Waals surface area (Å²) >= 11 is 0. The van der Waals surface area contributed by atoms with E-state index in [0.29, 0.717) is 0 Å². The number of carbonyl (C=O) groups is 1. The van der Waals surface area contributed by atoms with Gasteiger partial charge >= 0.3 is 0 Å². The van der Waals surface area contributed by atoms with E-state index in [1.54, 1.807) is 0 Å². The minimum absolute atomic E-state index is 0.00539. The Bertz CT molecular complexity index is 573. The standard InChI is InChI=1S/C17H27N5O/c1-17(2,3)14(11-18)20-16(23)13-5-8-22(9-6-13)12-15-19-7-10-21(15)4/h7,10,13-14H,5-6,8-9,12H2,1-4H3,(H,20,23). The number of aryl methyl sites for hydroxylation is 1. The van der Waals surface area contributed by atoms with Crippen LogP contribution in [-0.2, 0) is 18.4 Å². The lowest BCUT2D eigenvalue weighted by Gasteiger charge is -2.33. The van der Waals surface area contributed by atoms with Gasteiger partial charge in [-0.1, -0.05) is 20.8 Å². The van der Waals surface area contributed by atoms with Crippen molar-refractivity contribution in [1.29, 1.82) is 5.26 Å². The first kappa shape index (κ1) is 17.5. The summed E-state index contributed by atoms with van der Waals surface area (Å²) in [5, 5.41) is 12.1. The molecule has 0 saturated carbocycles. The third kappa shape index (κ3) is 4.55. The van der Waals surface area contributed by atoms with Crippen LogP contribution in [0.15, 0.2) is 12.4 Å². The molecule has 0 radical (unpaired) electrons. The van der Waals surface area contributed by atoms with Gasteiger partial charge in [0.05, 0.1) is 12.6 Å². The zero-order valence-electron chi connectivity index (χ0n) is 14.5. The summed E-state index contributed by atoms with van der Waals surface area (Å²) in [4.78, 5) is 19.1. The molecule has 1 atom stereocenters. The normalized spacial score (nSPS) is 18.4. The van der Waals surface area contributed by atoms with Gasteiger partial charge < -0.3 is 9.88 Å². The van der Waals surface area contributed by atoms with E-state index in [2.05, 4.69) is 21.3 Å². The van der Waals surface area contributed by atoms with Crippen LogP contribution in [0.4, 0.5) is 0 Å². The van der Waals surface area contributed by atoms with E-state index >= 15 is 0 Å². The molecule has 2 rings (SSSR count). The zero-order valence-corrected chi connectivity index (χ0v) is 14.5. The molecular formula is C17H27N5O. The molecule has 1 unspecified atom stereocenters. The highest BCUT2D eigenvalue weighted by Gasteiger charge is 2.31. The number of amides is 1. The third-order valence-electron chi connectivity index (χ3n) is 4.53. The molecular weight excluding hydrogens is 290 g/mol. The predicted molar refractivity (Wildman–Crippen MR) is 88.2 cm³/mol. The molecule has 1 aromatic heterocycles. The molecule has 1 aliphatic rings. The number of nitriles is 1. The number of carbonyl (C=O) groups excluding carboxylic acids is 1. The molecule has 0 aliphatic carbocycles. The van der Waals surface area contributed by atoms with Gasteiger partial charge in [0.15, 0.2) is 0 Å². The Hall–Kier alpha value is -1.87. The van der Waals surface area contributed by atoms with Crippen LogP contribution in [0.1, 0.15) is 39.4 Å². The number of nitrogens with one attached hydrogen (secondary N) is 1. The first-order valence-corrected chi connectivity index (χ1v) is 8.20. The number of hydrogen-bond donors (Lipinski definition) is 1. The monoisotopic (exact) mass is 317 g/mol. The van der Waals surface area contributed by atoms with Crippen LogP contribution in [0.5, 0.6) is 0 Å². The lowest BCUT2D eigenvalue weighted by molar-refractivity contribution is -0.127. The van der Waals surface area contributed by atoms with Crippen LogP contribution in [0.3, 0.4) is 0 Å². The number of aromatic nitrogens is 2. The van der Waals surface area contributed by atoms with Crippen LogP contribution >= 0.6 is 0 Å². The van der Waals surface area contributed by atoms with Crippen LogP contribution in [0.25, 0.3) is 0 Å². The number of nitrogens with zero attached hydrogens (tertiary/aromatic N) is 4. The quantitative estimate of drug-likeness (QED) is 0.917. The predicted octanol–water partition coefficient (Wildman–Crippen LogP) is 1.69. The molecule has 1 amide bonds. The summed E-state index contributed by atoms with van der Waals surface area (Å²) in [6.07, 6.45) is 5.42. The molecule has 0 spiro atoms. The SMILES string of the molecule is Cn1ccnc1CN1CCC(C(=O)NC(C#N)C(C)(C)C)CC1. The Morgan fingerprint density at radius 3 is 2.61 bits per heavy atom. The Labute approximate surface area is 138 Å². The van der Waals surface area contributed by atoms with Crippen molar-refractivity contribution in [3.8, 4) is 6.07 Å². The molecule has 1 saturated heterocycles. The van der Waals surface area contributed by atoms with Gasteiger partial charge in [-0.25, -0.2) is 4.98 Å². The first-order valence-electron chi connectivity index (χ1n) is 8.20. The summed E-state index contributed by atoms with van der Waals surface area (Å²) in [7, 11) is 2.00. The van der Waals surface area contributed by atoms with Crippen LogP contribution in [-0.4, -0.2) is 39.5 Å². The second kappa shape index (κ2) is 7.14. The maximum Gasteiger partial charge on any atom is 0.224 e. The van der Waals surface area contributed by atoms with E-state index in [1.165, 1.54) is 0 Å². The number of rotatable bonds is 4. The molecule has 1 aromatic rings. The van der Waals surface area contributed by atoms with Crippen molar-refractivity contribution < 1.29 is 4.79 Å². The van der Waals surface area contributed by atoms with Crippen LogP contribution in [0.2, 0.25) is 0 Å². The fourth-order valence-corrected chi connectivity index (χ4v) is 2.80. The summed E-state index contributed by atoms with van der Waals surface area (Å²) in [5.74, 6) is 1.07. The van der Waals surface area contributed by atoms with E-state index in [1.807, 2.05) is 44.8 Å². The molecule has 126 valence electrons. The average molecular weight is 317 g/mol. The lowest BCUT2D eigenvalue weighted by atomic mass is 9.86. The van der Waals surface area contributed by atoms with E-state index in [-0.39, 0.29) is 17.2 Å². The van der Waals surface area contributed by atoms with Gasteiger partial charge in [-0.15, -0.1) is 0 Å². The highest BCUT2D eigenvalue weighted by atomic mass is 16.2. The van der Waals surface area contributed by atoms with Crippen LogP contribution in [0, 0.1) is 22.7 Å². The number of imidazole rings is 1. The molecule has 2 heterocycles. The zero-order chi connectivity index (χ0) is 17.0. The molecule has 0 bridgehead atoms. The smallest absolute Gasteiger partial charge is 0.224 e. The van der Waals surface area contributed by atoms with Crippen molar-refractivity contribution in [2.24, 2.45) is 18.4 Å². The molecule has 6 nitrogen and oxygen atoms in total. The summed E-state index contributed by atoms with van der Waals surface area (Å²) in [5.41, 5.74) is -0.247. The second-order valence-corrected chi connectivity index (χ2v) is 7.44. The summed E-state index contributed by atoms with van der Waals surface area (Å²) in [6.45, 7) is 8.50. The molecule has 23 heavy (non-hydrogen) atoms. The Balaban J connectivity index is 1.83. The van der Waals surface area contributed by atoms with Crippen molar-refractivity contribution in [2.75, 3.05) is 13.1 Å². The van der Waals surface area contributed by atoms with Crippen molar-refractivity contribution >= 4 is 5.91 Å². The molecule has 1 aliphatic heterocycles. The number of piperidine rings is 1.